The zero-order valence-corrected chi connectivity index (χ0v) is 14.5. The lowest BCUT2D eigenvalue weighted by molar-refractivity contribution is -0.134. The molecule has 3 rings (SSSR count). The summed E-state index contributed by atoms with van der Waals surface area (Å²) in [5.41, 5.74) is 1.74. The van der Waals surface area contributed by atoms with Gasteiger partial charge in [0.25, 0.3) is 5.91 Å². The molecular weight excluding hydrogens is 329 g/mol. The number of aryl methyl sites for hydroxylation is 1. The molecule has 128 valence electrons. The number of hydrogen-bond acceptors (Lipinski definition) is 5. The van der Waals surface area contributed by atoms with Crippen molar-refractivity contribution >= 4 is 17.2 Å². The van der Waals surface area contributed by atoms with Crippen LogP contribution in [0.25, 0.3) is 10.6 Å². The SMILES string of the molecule is Cc1nc(-c2ccc(F)cc2)sc1C(C)NC(=O)C1CNCCO1. The Kier molecular flexibility index (Phi) is 5.23. The fourth-order valence-corrected chi connectivity index (χ4v) is 3.71. The first-order valence-electron chi connectivity index (χ1n) is 7.90. The molecule has 5 nitrogen and oxygen atoms in total. The lowest BCUT2D eigenvalue weighted by Gasteiger charge is -2.24. The minimum atomic E-state index is -0.453. The second kappa shape index (κ2) is 7.38. The van der Waals surface area contributed by atoms with Crippen LogP contribution < -0.4 is 10.6 Å². The Labute approximate surface area is 144 Å². The zero-order chi connectivity index (χ0) is 17.1. The molecule has 1 aliphatic rings. The van der Waals surface area contributed by atoms with Crippen molar-refractivity contribution in [2.45, 2.75) is 26.0 Å². The van der Waals surface area contributed by atoms with Gasteiger partial charge in [-0.1, -0.05) is 0 Å². The van der Waals surface area contributed by atoms with E-state index in [9.17, 15) is 9.18 Å². The minimum absolute atomic E-state index is 0.120. The van der Waals surface area contributed by atoms with Crippen molar-refractivity contribution < 1.29 is 13.9 Å². The van der Waals surface area contributed by atoms with Gasteiger partial charge in [-0.15, -0.1) is 11.3 Å². The molecule has 0 spiro atoms. The van der Waals surface area contributed by atoms with Crippen molar-refractivity contribution in [2.24, 2.45) is 0 Å². The molecule has 7 heteroatoms. The van der Waals surface area contributed by atoms with Gasteiger partial charge in [-0.2, -0.15) is 0 Å². The molecule has 2 N–H and O–H groups in total. The predicted molar refractivity (Wildman–Crippen MR) is 91.4 cm³/mol. The summed E-state index contributed by atoms with van der Waals surface area (Å²) in [6.07, 6.45) is -0.453. The van der Waals surface area contributed by atoms with Gasteiger partial charge in [-0.3, -0.25) is 4.79 Å². The Balaban J connectivity index is 1.71. The predicted octanol–water partition coefficient (Wildman–Crippen LogP) is 2.42. The number of nitrogens with one attached hydrogen (secondary N) is 2. The van der Waals surface area contributed by atoms with Crippen molar-refractivity contribution in [3.05, 3.63) is 40.7 Å². The molecule has 0 radical (unpaired) electrons. The molecule has 1 fully saturated rings. The summed E-state index contributed by atoms with van der Waals surface area (Å²) < 4.78 is 18.5. The summed E-state index contributed by atoms with van der Waals surface area (Å²) in [4.78, 5) is 17.8. The number of thiazole rings is 1. The molecule has 1 amide bonds. The molecule has 0 saturated carbocycles. The van der Waals surface area contributed by atoms with Crippen LogP contribution >= 0.6 is 11.3 Å². The molecule has 1 aromatic carbocycles. The van der Waals surface area contributed by atoms with Crippen LogP contribution in [0.4, 0.5) is 4.39 Å². The van der Waals surface area contributed by atoms with E-state index in [2.05, 4.69) is 15.6 Å². The van der Waals surface area contributed by atoms with Gasteiger partial charge in [0.15, 0.2) is 0 Å². The Morgan fingerprint density at radius 1 is 1.46 bits per heavy atom. The van der Waals surface area contributed by atoms with Crippen molar-refractivity contribution in [1.29, 1.82) is 0 Å². The smallest absolute Gasteiger partial charge is 0.250 e. The highest BCUT2D eigenvalue weighted by molar-refractivity contribution is 7.15. The summed E-state index contributed by atoms with van der Waals surface area (Å²) >= 11 is 1.51. The fraction of sp³-hybridized carbons (Fsp3) is 0.412. The molecule has 1 aromatic heterocycles. The third-order valence-electron chi connectivity index (χ3n) is 3.90. The normalized spacial score (nSPS) is 19.0. The maximum Gasteiger partial charge on any atom is 0.250 e. The maximum atomic E-state index is 13.1. The number of morpholine rings is 1. The van der Waals surface area contributed by atoms with Crippen LogP contribution in [0.3, 0.4) is 0 Å². The van der Waals surface area contributed by atoms with E-state index in [4.69, 9.17) is 4.74 Å². The summed E-state index contributed by atoms with van der Waals surface area (Å²) in [5, 5.41) is 6.95. The van der Waals surface area contributed by atoms with Crippen LogP contribution in [0.2, 0.25) is 0 Å². The maximum absolute atomic E-state index is 13.1. The van der Waals surface area contributed by atoms with Crippen molar-refractivity contribution in [3.63, 3.8) is 0 Å². The van der Waals surface area contributed by atoms with Gasteiger partial charge in [0.2, 0.25) is 0 Å². The van der Waals surface area contributed by atoms with Gasteiger partial charge in [0, 0.05) is 18.7 Å². The molecule has 2 unspecified atom stereocenters. The number of aromatic nitrogens is 1. The second-order valence-corrected chi connectivity index (χ2v) is 6.80. The number of ether oxygens (including phenoxy) is 1. The number of halogens is 1. The number of amides is 1. The van der Waals surface area contributed by atoms with Gasteiger partial charge < -0.3 is 15.4 Å². The Hall–Kier alpha value is -1.83. The summed E-state index contributed by atoms with van der Waals surface area (Å²) in [5.74, 6) is -0.389. The fourth-order valence-electron chi connectivity index (χ4n) is 2.63. The summed E-state index contributed by atoms with van der Waals surface area (Å²) in [6.45, 7) is 5.69. The van der Waals surface area contributed by atoms with Crippen molar-refractivity contribution in [1.82, 2.24) is 15.6 Å². The first-order valence-corrected chi connectivity index (χ1v) is 8.72. The third-order valence-corrected chi connectivity index (χ3v) is 5.28. The molecule has 24 heavy (non-hydrogen) atoms. The number of rotatable bonds is 4. The van der Waals surface area contributed by atoms with Gasteiger partial charge in [-0.05, 0) is 38.1 Å². The third kappa shape index (κ3) is 3.80. The van der Waals surface area contributed by atoms with E-state index in [1.807, 2.05) is 13.8 Å². The number of carbonyl (C=O) groups is 1. The Bertz CT molecular complexity index is 711. The van der Waals surface area contributed by atoms with Gasteiger partial charge >= 0.3 is 0 Å². The Morgan fingerprint density at radius 2 is 2.21 bits per heavy atom. The number of benzene rings is 1. The largest absolute Gasteiger partial charge is 0.366 e. The van der Waals surface area contributed by atoms with Crippen LogP contribution in [0, 0.1) is 12.7 Å². The molecule has 2 atom stereocenters. The van der Waals surface area contributed by atoms with Crippen LogP contribution in [-0.2, 0) is 9.53 Å². The van der Waals surface area contributed by atoms with Gasteiger partial charge in [-0.25, -0.2) is 9.37 Å². The average Bonchev–Trinajstić information content (AvgIpc) is 2.98. The lowest BCUT2D eigenvalue weighted by Crippen LogP contribution is -2.48. The first kappa shape index (κ1) is 17.0. The lowest BCUT2D eigenvalue weighted by atomic mass is 10.2. The van der Waals surface area contributed by atoms with Gasteiger partial charge in [0.1, 0.15) is 16.9 Å². The average molecular weight is 349 g/mol. The molecule has 0 bridgehead atoms. The highest BCUT2D eigenvalue weighted by Gasteiger charge is 2.24. The van der Waals surface area contributed by atoms with E-state index in [0.717, 1.165) is 27.7 Å². The number of hydrogen-bond donors (Lipinski definition) is 2. The van der Waals surface area contributed by atoms with Gasteiger partial charge in [0.05, 0.1) is 23.2 Å². The minimum Gasteiger partial charge on any atom is -0.366 e. The van der Waals surface area contributed by atoms with Crippen LogP contribution in [-0.4, -0.2) is 36.7 Å². The van der Waals surface area contributed by atoms with Crippen molar-refractivity contribution in [2.75, 3.05) is 19.7 Å². The molecule has 2 aromatic rings. The Morgan fingerprint density at radius 3 is 2.88 bits per heavy atom. The topological polar surface area (TPSA) is 63.2 Å². The van der Waals surface area contributed by atoms with Crippen LogP contribution in [0.1, 0.15) is 23.5 Å². The van der Waals surface area contributed by atoms with Crippen molar-refractivity contribution in [3.8, 4) is 10.6 Å². The highest BCUT2D eigenvalue weighted by Crippen LogP contribution is 2.31. The van der Waals surface area contributed by atoms with Crippen LogP contribution in [0.15, 0.2) is 24.3 Å². The second-order valence-electron chi connectivity index (χ2n) is 5.77. The van der Waals surface area contributed by atoms with E-state index < -0.39 is 6.10 Å². The standard InChI is InChI=1S/C17H20FN3O2S/c1-10(20-16(22)14-9-19-7-8-23-14)15-11(2)21-17(24-15)12-3-5-13(18)6-4-12/h3-6,10,14,19H,7-9H2,1-2H3,(H,20,22). The van der Waals surface area contributed by atoms with E-state index in [0.29, 0.717) is 13.2 Å². The van der Waals surface area contributed by atoms with E-state index in [1.165, 1.54) is 23.5 Å². The zero-order valence-electron chi connectivity index (χ0n) is 13.6. The highest BCUT2D eigenvalue weighted by atomic mass is 32.1. The van der Waals surface area contributed by atoms with E-state index in [-0.39, 0.29) is 17.8 Å². The monoisotopic (exact) mass is 349 g/mol. The molecule has 2 heterocycles. The first-order chi connectivity index (χ1) is 11.5. The molecule has 0 aliphatic carbocycles. The summed E-state index contributed by atoms with van der Waals surface area (Å²) in [7, 11) is 0. The summed E-state index contributed by atoms with van der Waals surface area (Å²) in [6, 6.07) is 6.11. The number of nitrogens with zero attached hydrogens (tertiary/aromatic N) is 1. The molecule has 1 saturated heterocycles. The molecular formula is C17H20FN3O2S. The number of carbonyl (C=O) groups excluding carboxylic acids is 1. The quantitative estimate of drug-likeness (QED) is 0.890. The van der Waals surface area contributed by atoms with Crippen LogP contribution in [0.5, 0.6) is 0 Å². The van der Waals surface area contributed by atoms with E-state index >= 15 is 0 Å². The van der Waals surface area contributed by atoms with E-state index in [1.54, 1.807) is 12.1 Å². The molecule has 1 aliphatic heterocycles.